The van der Waals surface area contributed by atoms with E-state index >= 15 is 0 Å². The van der Waals surface area contributed by atoms with Crippen molar-refractivity contribution in [3.63, 3.8) is 0 Å². The molecule has 0 aromatic rings. The van der Waals surface area contributed by atoms with E-state index in [2.05, 4.69) is 19.2 Å². The Hall–Kier alpha value is -0.0400. The van der Waals surface area contributed by atoms with Crippen molar-refractivity contribution in [1.29, 1.82) is 0 Å². The molecule has 1 saturated carbocycles. The first kappa shape index (κ1) is 10.0. The van der Waals surface area contributed by atoms with Gasteiger partial charge in [0, 0.05) is 6.04 Å². The van der Waals surface area contributed by atoms with Crippen LogP contribution in [0.5, 0.6) is 0 Å². The summed E-state index contributed by atoms with van der Waals surface area (Å²) < 4.78 is 0. The molecule has 0 unspecified atom stereocenters. The maximum atomic E-state index is 3.62. The molecule has 1 N–H and O–H groups in total. The fraction of sp³-hybridized carbons (Fsp3) is 1.00. The van der Waals surface area contributed by atoms with Crippen LogP contribution >= 0.6 is 0 Å². The molecule has 72 valence electrons. The number of hydrogen-bond donors (Lipinski definition) is 1. The van der Waals surface area contributed by atoms with Crippen LogP contribution in [0.2, 0.25) is 0 Å². The highest BCUT2D eigenvalue weighted by Crippen LogP contribution is 2.28. The molecule has 0 bridgehead atoms. The summed E-state index contributed by atoms with van der Waals surface area (Å²) >= 11 is 0. The second-order valence-corrected chi connectivity index (χ2v) is 4.05. The molecule has 0 aromatic heterocycles. The van der Waals surface area contributed by atoms with Gasteiger partial charge >= 0.3 is 0 Å². The highest BCUT2D eigenvalue weighted by Gasteiger charge is 2.16. The number of nitrogens with one attached hydrogen (secondary N) is 1. The first-order valence-corrected chi connectivity index (χ1v) is 5.60. The fourth-order valence-electron chi connectivity index (χ4n) is 1.85. The number of hydrogen-bond acceptors (Lipinski definition) is 1. The van der Waals surface area contributed by atoms with Crippen molar-refractivity contribution in [3.8, 4) is 0 Å². The summed E-state index contributed by atoms with van der Waals surface area (Å²) in [6.45, 7) is 5.78. The lowest BCUT2D eigenvalue weighted by Crippen LogP contribution is -2.30. The molecule has 1 aliphatic carbocycles. The van der Waals surface area contributed by atoms with Gasteiger partial charge in [-0.25, -0.2) is 0 Å². The van der Waals surface area contributed by atoms with Crippen LogP contribution in [-0.2, 0) is 0 Å². The fourth-order valence-corrected chi connectivity index (χ4v) is 1.85. The molecule has 1 aliphatic rings. The molecule has 0 radical (unpaired) electrons. The first-order valence-electron chi connectivity index (χ1n) is 5.60. The molecule has 0 spiro atoms. The van der Waals surface area contributed by atoms with E-state index < -0.39 is 0 Å². The Morgan fingerprint density at radius 1 is 1.25 bits per heavy atom. The summed E-state index contributed by atoms with van der Waals surface area (Å²) in [5, 5.41) is 3.62. The molecule has 0 saturated heterocycles. The van der Waals surface area contributed by atoms with E-state index in [4.69, 9.17) is 0 Å². The minimum atomic E-state index is 0.769. The van der Waals surface area contributed by atoms with Crippen molar-refractivity contribution in [2.24, 2.45) is 5.92 Å². The third-order valence-electron chi connectivity index (χ3n) is 3.20. The standard InChI is InChI=1S/C11H23N/c1-3-11(4-2)12-9-8-10-6-5-7-10/h10-12H,3-9H2,1-2H3. The maximum Gasteiger partial charge on any atom is 0.00618 e. The molecule has 0 aromatic carbocycles. The highest BCUT2D eigenvalue weighted by atomic mass is 14.9. The molecule has 1 fully saturated rings. The zero-order chi connectivity index (χ0) is 8.81. The van der Waals surface area contributed by atoms with Crippen LogP contribution in [0, 0.1) is 5.92 Å². The molecule has 12 heavy (non-hydrogen) atoms. The van der Waals surface area contributed by atoms with Crippen molar-refractivity contribution >= 4 is 0 Å². The van der Waals surface area contributed by atoms with Crippen LogP contribution in [0.25, 0.3) is 0 Å². The molecule has 0 heterocycles. The van der Waals surface area contributed by atoms with Crippen LogP contribution in [-0.4, -0.2) is 12.6 Å². The van der Waals surface area contributed by atoms with E-state index in [0.717, 1.165) is 12.0 Å². The Labute approximate surface area is 76.9 Å². The Kier molecular flexibility index (Phi) is 4.67. The predicted molar refractivity (Wildman–Crippen MR) is 54.3 cm³/mol. The zero-order valence-electron chi connectivity index (χ0n) is 8.60. The van der Waals surface area contributed by atoms with Crippen LogP contribution < -0.4 is 5.32 Å². The molecule has 1 rings (SSSR count). The van der Waals surface area contributed by atoms with Crippen LogP contribution in [0.4, 0.5) is 0 Å². The summed E-state index contributed by atoms with van der Waals surface area (Å²) in [5.41, 5.74) is 0. The highest BCUT2D eigenvalue weighted by molar-refractivity contribution is 4.71. The summed E-state index contributed by atoms with van der Waals surface area (Å²) in [4.78, 5) is 0. The van der Waals surface area contributed by atoms with Gasteiger partial charge in [-0.15, -0.1) is 0 Å². The normalized spacial score (nSPS) is 18.2. The van der Waals surface area contributed by atoms with Crippen LogP contribution in [0.15, 0.2) is 0 Å². The Morgan fingerprint density at radius 2 is 1.92 bits per heavy atom. The second-order valence-electron chi connectivity index (χ2n) is 4.05. The SMILES string of the molecule is CCC(CC)NCCC1CCC1. The van der Waals surface area contributed by atoms with Crippen molar-refractivity contribution in [3.05, 3.63) is 0 Å². The monoisotopic (exact) mass is 169 g/mol. The topological polar surface area (TPSA) is 12.0 Å². The summed E-state index contributed by atoms with van der Waals surface area (Å²) in [7, 11) is 0. The van der Waals surface area contributed by atoms with Gasteiger partial charge in [-0.2, -0.15) is 0 Å². The first-order chi connectivity index (χ1) is 5.86. The van der Waals surface area contributed by atoms with Crippen LogP contribution in [0.1, 0.15) is 52.4 Å². The van der Waals surface area contributed by atoms with Crippen molar-refractivity contribution < 1.29 is 0 Å². The van der Waals surface area contributed by atoms with E-state index in [1.54, 1.807) is 0 Å². The number of rotatable bonds is 6. The van der Waals surface area contributed by atoms with Gasteiger partial charge in [0.15, 0.2) is 0 Å². The molecule has 1 heteroatoms. The molecular formula is C11H23N. The zero-order valence-corrected chi connectivity index (χ0v) is 8.60. The average molecular weight is 169 g/mol. The van der Waals surface area contributed by atoms with Gasteiger partial charge in [0.2, 0.25) is 0 Å². The molecule has 0 amide bonds. The summed E-state index contributed by atoms with van der Waals surface area (Å²) in [5.74, 6) is 1.06. The van der Waals surface area contributed by atoms with Crippen LogP contribution in [0.3, 0.4) is 0 Å². The second kappa shape index (κ2) is 5.58. The van der Waals surface area contributed by atoms with Gasteiger partial charge in [0.05, 0.1) is 0 Å². The minimum Gasteiger partial charge on any atom is -0.314 e. The molecule has 0 atom stereocenters. The predicted octanol–water partition coefficient (Wildman–Crippen LogP) is 2.95. The van der Waals surface area contributed by atoms with Crippen molar-refractivity contribution in [1.82, 2.24) is 5.32 Å². The Bertz CT molecular complexity index is 104. The lowest BCUT2D eigenvalue weighted by molar-refractivity contribution is 0.286. The van der Waals surface area contributed by atoms with Crippen molar-refractivity contribution in [2.45, 2.75) is 58.4 Å². The minimum absolute atomic E-state index is 0.769. The van der Waals surface area contributed by atoms with Crippen molar-refractivity contribution in [2.75, 3.05) is 6.54 Å². The van der Waals surface area contributed by atoms with Gasteiger partial charge in [-0.05, 0) is 31.7 Å². The molecular weight excluding hydrogens is 146 g/mol. The van der Waals surface area contributed by atoms with E-state index in [0.29, 0.717) is 0 Å². The molecule has 1 nitrogen and oxygen atoms in total. The average Bonchev–Trinajstić information content (AvgIpc) is 2.02. The third-order valence-corrected chi connectivity index (χ3v) is 3.20. The summed E-state index contributed by atoms with van der Waals surface area (Å²) in [6, 6.07) is 0.769. The van der Waals surface area contributed by atoms with Gasteiger partial charge in [0.25, 0.3) is 0 Å². The Morgan fingerprint density at radius 3 is 2.33 bits per heavy atom. The van der Waals surface area contributed by atoms with E-state index in [-0.39, 0.29) is 0 Å². The van der Waals surface area contributed by atoms with Gasteiger partial charge in [0.1, 0.15) is 0 Å². The Balaban J connectivity index is 1.92. The quantitative estimate of drug-likeness (QED) is 0.644. The lowest BCUT2D eigenvalue weighted by atomic mass is 9.83. The summed E-state index contributed by atoms with van der Waals surface area (Å²) in [6.07, 6.45) is 8.43. The van der Waals surface area contributed by atoms with Gasteiger partial charge in [-0.3, -0.25) is 0 Å². The van der Waals surface area contributed by atoms with Gasteiger partial charge in [-0.1, -0.05) is 33.1 Å². The smallest absolute Gasteiger partial charge is 0.00618 e. The van der Waals surface area contributed by atoms with E-state index in [1.165, 1.54) is 45.1 Å². The lowest BCUT2D eigenvalue weighted by Gasteiger charge is -2.26. The largest absolute Gasteiger partial charge is 0.314 e. The third kappa shape index (κ3) is 3.14. The van der Waals surface area contributed by atoms with E-state index in [9.17, 15) is 0 Å². The van der Waals surface area contributed by atoms with Gasteiger partial charge < -0.3 is 5.32 Å². The van der Waals surface area contributed by atoms with E-state index in [1.807, 2.05) is 0 Å². The molecule has 0 aliphatic heterocycles. The maximum absolute atomic E-state index is 3.62.